The molecule has 5 heteroatoms. The van der Waals surface area contributed by atoms with Crippen molar-refractivity contribution in [1.82, 2.24) is 0 Å². The van der Waals surface area contributed by atoms with Gasteiger partial charge < -0.3 is 15.2 Å². The molecule has 0 bridgehead atoms. The Hall–Kier alpha value is -2.82. The summed E-state index contributed by atoms with van der Waals surface area (Å²) in [6, 6.07) is 13.2. The van der Waals surface area contributed by atoms with Gasteiger partial charge in [0.1, 0.15) is 0 Å². The number of para-hydroxylation sites is 1. The summed E-state index contributed by atoms with van der Waals surface area (Å²) in [4.78, 5) is 22.4. The molecule has 0 aliphatic heterocycles. The number of hydrogen-bond acceptors (Lipinski definition) is 4. The molecule has 0 heterocycles. The normalized spacial score (nSPS) is 9.85. The van der Waals surface area contributed by atoms with Crippen molar-refractivity contribution in [2.24, 2.45) is 0 Å². The van der Waals surface area contributed by atoms with E-state index in [-0.39, 0.29) is 5.56 Å². The van der Waals surface area contributed by atoms with Gasteiger partial charge in [0.05, 0.1) is 23.9 Å². The first-order chi connectivity index (χ1) is 9.61. The van der Waals surface area contributed by atoms with E-state index in [9.17, 15) is 9.59 Å². The molecule has 0 saturated carbocycles. The van der Waals surface area contributed by atoms with Crippen LogP contribution in [-0.4, -0.2) is 24.2 Å². The van der Waals surface area contributed by atoms with Gasteiger partial charge in [0, 0.05) is 5.69 Å². The van der Waals surface area contributed by atoms with Crippen molar-refractivity contribution in [3.05, 3.63) is 59.7 Å². The van der Waals surface area contributed by atoms with E-state index in [1.807, 2.05) is 0 Å². The van der Waals surface area contributed by atoms with Crippen LogP contribution >= 0.6 is 0 Å². The predicted octanol–water partition coefficient (Wildman–Crippen LogP) is 2.92. The maximum Gasteiger partial charge on any atom is 0.339 e. The summed E-state index contributed by atoms with van der Waals surface area (Å²) in [7, 11) is 1.32. The third-order valence-electron chi connectivity index (χ3n) is 2.74. The van der Waals surface area contributed by atoms with Crippen molar-refractivity contribution in [3.63, 3.8) is 0 Å². The quantitative estimate of drug-likeness (QED) is 0.836. The van der Waals surface area contributed by atoms with E-state index in [1.54, 1.807) is 36.4 Å². The number of methoxy groups -OCH3 is 1. The maximum atomic E-state index is 11.6. The predicted molar refractivity (Wildman–Crippen MR) is 74.5 cm³/mol. The Labute approximate surface area is 115 Å². The van der Waals surface area contributed by atoms with Gasteiger partial charge in [-0.05, 0) is 36.4 Å². The van der Waals surface area contributed by atoms with Crippen LogP contribution in [0.25, 0.3) is 0 Å². The van der Waals surface area contributed by atoms with Crippen LogP contribution in [0.2, 0.25) is 0 Å². The lowest BCUT2D eigenvalue weighted by Gasteiger charge is -2.10. The number of anilines is 2. The van der Waals surface area contributed by atoms with E-state index >= 15 is 0 Å². The van der Waals surface area contributed by atoms with Gasteiger partial charge in [-0.25, -0.2) is 9.59 Å². The van der Waals surface area contributed by atoms with Crippen molar-refractivity contribution in [2.45, 2.75) is 0 Å². The molecule has 0 radical (unpaired) electrons. The Morgan fingerprint density at radius 2 is 1.70 bits per heavy atom. The number of ether oxygens (including phenoxy) is 1. The fraction of sp³-hybridized carbons (Fsp3) is 0.0667. The standard InChI is InChI=1S/C15H13NO4/c1-20-15(19)12-4-2-3-5-13(12)16-11-8-6-10(7-9-11)14(17)18/h2-9,16H,1H3,(H,17,18). The second-order valence-corrected chi connectivity index (χ2v) is 4.04. The summed E-state index contributed by atoms with van der Waals surface area (Å²) in [6.45, 7) is 0. The van der Waals surface area contributed by atoms with Crippen molar-refractivity contribution in [2.75, 3.05) is 12.4 Å². The SMILES string of the molecule is COC(=O)c1ccccc1Nc1ccc(C(=O)O)cc1. The number of aromatic carboxylic acids is 1. The largest absolute Gasteiger partial charge is 0.478 e. The average molecular weight is 271 g/mol. The monoisotopic (exact) mass is 271 g/mol. The zero-order valence-corrected chi connectivity index (χ0v) is 10.8. The molecule has 2 rings (SSSR count). The Morgan fingerprint density at radius 3 is 2.30 bits per heavy atom. The summed E-state index contributed by atoms with van der Waals surface area (Å²) in [5.41, 5.74) is 1.91. The van der Waals surface area contributed by atoms with E-state index in [0.29, 0.717) is 16.9 Å². The molecule has 0 amide bonds. The van der Waals surface area contributed by atoms with Crippen molar-refractivity contribution in [3.8, 4) is 0 Å². The van der Waals surface area contributed by atoms with E-state index in [1.165, 1.54) is 19.2 Å². The molecule has 102 valence electrons. The van der Waals surface area contributed by atoms with Crippen LogP contribution in [0.4, 0.5) is 11.4 Å². The van der Waals surface area contributed by atoms with Crippen LogP contribution < -0.4 is 5.32 Å². The Balaban J connectivity index is 2.26. The van der Waals surface area contributed by atoms with E-state index in [4.69, 9.17) is 9.84 Å². The minimum absolute atomic E-state index is 0.205. The van der Waals surface area contributed by atoms with Gasteiger partial charge in [-0.15, -0.1) is 0 Å². The zero-order valence-electron chi connectivity index (χ0n) is 10.8. The van der Waals surface area contributed by atoms with Crippen LogP contribution in [0.15, 0.2) is 48.5 Å². The Morgan fingerprint density at radius 1 is 1.05 bits per heavy atom. The van der Waals surface area contributed by atoms with Gasteiger partial charge in [-0.2, -0.15) is 0 Å². The molecule has 2 aromatic rings. The molecule has 2 aromatic carbocycles. The van der Waals surface area contributed by atoms with Gasteiger partial charge >= 0.3 is 11.9 Å². The van der Waals surface area contributed by atoms with Crippen LogP contribution in [0.1, 0.15) is 20.7 Å². The number of carboxylic acids is 1. The summed E-state index contributed by atoms with van der Waals surface area (Å²) in [5, 5.41) is 11.9. The molecular formula is C15H13NO4. The number of carbonyl (C=O) groups excluding carboxylic acids is 1. The lowest BCUT2D eigenvalue weighted by Crippen LogP contribution is -2.05. The summed E-state index contributed by atoms with van der Waals surface area (Å²) in [5.74, 6) is -1.42. The molecule has 0 aliphatic carbocycles. The highest BCUT2D eigenvalue weighted by Crippen LogP contribution is 2.21. The summed E-state index contributed by atoms with van der Waals surface area (Å²) >= 11 is 0. The van der Waals surface area contributed by atoms with Gasteiger partial charge in [0.25, 0.3) is 0 Å². The van der Waals surface area contributed by atoms with Crippen LogP contribution in [0.3, 0.4) is 0 Å². The maximum absolute atomic E-state index is 11.6. The average Bonchev–Trinajstić information content (AvgIpc) is 2.47. The van der Waals surface area contributed by atoms with Crippen molar-refractivity contribution >= 4 is 23.3 Å². The first-order valence-corrected chi connectivity index (χ1v) is 5.89. The number of benzene rings is 2. The van der Waals surface area contributed by atoms with Crippen LogP contribution in [0.5, 0.6) is 0 Å². The molecule has 2 N–H and O–H groups in total. The smallest absolute Gasteiger partial charge is 0.339 e. The molecular weight excluding hydrogens is 258 g/mol. The second-order valence-electron chi connectivity index (χ2n) is 4.04. The fourth-order valence-electron chi connectivity index (χ4n) is 1.73. The van der Waals surface area contributed by atoms with E-state index < -0.39 is 11.9 Å². The van der Waals surface area contributed by atoms with Crippen molar-refractivity contribution < 1.29 is 19.4 Å². The molecule has 0 atom stereocenters. The van der Waals surface area contributed by atoms with Crippen molar-refractivity contribution in [1.29, 1.82) is 0 Å². The van der Waals surface area contributed by atoms with E-state index in [2.05, 4.69) is 5.32 Å². The number of carbonyl (C=O) groups is 2. The molecule has 0 unspecified atom stereocenters. The molecule has 0 fully saturated rings. The van der Waals surface area contributed by atoms with Gasteiger partial charge in [-0.3, -0.25) is 0 Å². The first-order valence-electron chi connectivity index (χ1n) is 5.89. The highest BCUT2D eigenvalue weighted by Gasteiger charge is 2.11. The number of nitrogens with one attached hydrogen (secondary N) is 1. The molecule has 0 saturated heterocycles. The molecule has 5 nitrogen and oxygen atoms in total. The summed E-state index contributed by atoms with van der Waals surface area (Å²) < 4.78 is 4.71. The topological polar surface area (TPSA) is 75.6 Å². The number of hydrogen-bond donors (Lipinski definition) is 2. The molecule has 20 heavy (non-hydrogen) atoms. The molecule has 0 spiro atoms. The minimum atomic E-state index is -0.980. The molecule has 0 aromatic heterocycles. The highest BCUT2D eigenvalue weighted by atomic mass is 16.5. The zero-order chi connectivity index (χ0) is 14.5. The van der Waals surface area contributed by atoms with Crippen LogP contribution in [-0.2, 0) is 4.74 Å². The fourth-order valence-corrected chi connectivity index (χ4v) is 1.73. The second kappa shape index (κ2) is 5.88. The third-order valence-corrected chi connectivity index (χ3v) is 2.74. The third kappa shape index (κ3) is 2.95. The minimum Gasteiger partial charge on any atom is -0.478 e. The van der Waals surface area contributed by atoms with E-state index in [0.717, 1.165) is 0 Å². The van der Waals surface area contributed by atoms with Gasteiger partial charge in [0.15, 0.2) is 0 Å². The summed E-state index contributed by atoms with van der Waals surface area (Å²) in [6.07, 6.45) is 0. The van der Waals surface area contributed by atoms with Gasteiger partial charge in [-0.1, -0.05) is 12.1 Å². The molecule has 0 aliphatic rings. The lowest BCUT2D eigenvalue weighted by atomic mass is 10.1. The lowest BCUT2D eigenvalue weighted by molar-refractivity contribution is 0.0601. The number of carboxylic acid groups (broad SMARTS) is 1. The first kappa shape index (κ1) is 13.6. The highest BCUT2D eigenvalue weighted by molar-refractivity contribution is 5.96. The van der Waals surface area contributed by atoms with Gasteiger partial charge in [0.2, 0.25) is 0 Å². The van der Waals surface area contributed by atoms with Crippen LogP contribution in [0, 0.1) is 0 Å². The Bertz CT molecular complexity index is 635. The Kier molecular flexibility index (Phi) is 4.00. The number of esters is 1. The number of rotatable bonds is 4.